The molecule has 1 aromatic heterocycles. The third-order valence-corrected chi connectivity index (χ3v) is 6.66. The average Bonchev–Trinajstić information content (AvgIpc) is 2.81. The summed E-state index contributed by atoms with van der Waals surface area (Å²) in [7, 11) is 0. The zero-order chi connectivity index (χ0) is 22.0. The molecule has 1 spiro atoms. The molecule has 3 saturated heterocycles. The van der Waals surface area contributed by atoms with Crippen molar-refractivity contribution in [1.82, 2.24) is 20.4 Å². The van der Waals surface area contributed by atoms with Crippen molar-refractivity contribution in [2.75, 3.05) is 69.7 Å². The fourth-order valence-electron chi connectivity index (χ4n) is 5.12. The second-order valence-electron chi connectivity index (χ2n) is 9.01. The molecule has 9 heteroatoms. The summed E-state index contributed by atoms with van der Waals surface area (Å²) < 4.78 is 12.3. The molecule has 4 N–H and O–H groups in total. The van der Waals surface area contributed by atoms with E-state index in [1.165, 1.54) is 0 Å². The number of piperidine rings is 1. The molecule has 172 valence electrons. The van der Waals surface area contributed by atoms with Crippen molar-refractivity contribution in [3.63, 3.8) is 0 Å². The van der Waals surface area contributed by atoms with Crippen LogP contribution in [0.25, 0.3) is 11.3 Å². The molecule has 1 unspecified atom stereocenters. The predicted octanol–water partition coefficient (Wildman–Crippen LogP) is 1.09. The molecule has 0 bridgehead atoms. The van der Waals surface area contributed by atoms with Crippen molar-refractivity contribution in [3.8, 4) is 17.0 Å². The number of rotatable bonds is 4. The SMILES string of the molecule is Nc1nnc(-c2ccccc2O)cc1N1CCCC2(CN(C[C@H]3CNCCO3)CCO2)C1. The van der Waals surface area contributed by atoms with E-state index in [1.807, 2.05) is 18.2 Å². The minimum absolute atomic E-state index is 0.179. The van der Waals surface area contributed by atoms with Crippen molar-refractivity contribution in [1.29, 1.82) is 0 Å². The highest BCUT2D eigenvalue weighted by atomic mass is 16.5. The van der Waals surface area contributed by atoms with Crippen LogP contribution in [0.4, 0.5) is 11.5 Å². The maximum absolute atomic E-state index is 10.2. The van der Waals surface area contributed by atoms with Crippen molar-refractivity contribution in [2.45, 2.75) is 24.5 Å². The Labute approximate surface area is 188 Å². The first kappa shape index (κ1) is 21.4. The highest BCUT2D eigenvalue weighted by Gasteiger charge is 2.41. The van der Waals surface area contributed by atoms with E-state index in [4.69, 9.17) is 15.2 Å². The average molecular weight is 441 g/mol. The van der Waals surface area contributed by atoms with Crippen LogP contribution in [-0.2, 0) is 9.47 Å². The Morgan fingerprint density at radius 1 is 1.19 bits per heavy atom. The Hall–Kier alpha value is -2.46. The van der Waals surface area contributed by atoms with E-state index in [9.17, 15) is 5.11 Å². The number of anilines is 2. The maximum Gasteiger partial charge on any atom is 0.169 e. The molecular formula is C23H32N6O3. The van der Waals surface area contributed by atoms with Gasteiger partial charge in [0.2, 0.25) is 0 Å². The van der Waals surface area contributed by atoms with Crippen molar-refractivity contribution >= 4 is 11.5 Å². The van der Waals surface area contributed by atoms with Gasteiger partial charge in [0, 0.05) is 51.4 Å². The van der Waals surface area contributed by atoms with Crippen molar-refractivity contribution in [2.24, 2.45) is 0 Å². The summed E-state index contributed by atoms with van der Waals surface area (Å²) in [5.74, 6) is 0.578. The zero-order valence-corrected chi connectivity index (χ0v) is 18.4. The fourth-order valence-corrected chi connectivity index (χ4v) is 5.12. The summed E-state index contributed by atoms with van der Waals surface area (Å²) in [5.41, 5.74) is 8.12. The molecule has 3 aliphatic heterocycles. The number of phenols is 1. The number of ether oxygens (including phenoxy) is 2. The highest BCUT2D eigenvalue weighted by Crippen LogP contribution is 2.36. The minimum Gasteiger partial charge on any atom is -0.507 e. The van der Waals surface area contributed by atoms with E-state index in [0.717, 1.165) is 77.6 Å². The second-order valence-corrected chi connectivity index (χ2v) is 9.01. The molecule has 2 aromatic rings. The first-order valence-electron chi connectivity index (χ1n) is 11.5. The van der Waals surface area contributed by atoms with Gasteiger partial charge in [0.15, 0.2) is 5.82 Å². The van der Waals surface area contributed by atoms with Gasteiger partial charge >= 0.3 is 0 Å². The number of nitrogens with two attached hydrogens (primary N) is 1. The van der Waals surface area contributed by atoms with Crippen LogP contribution in [0.3, 0.4) is 0 Å². The highest BCUT2D eigenvalue weighted by molar-refractivity contribution is 5.74. The quantitative estimate of drug-likeness (QED) is 0.644. The lowest BCUT2D eigenvalue weighted by Gasteiger charge is -2.49. The monoisotopic (exact) mass is 440 g/mol. The summed E-state index contributed by atoms with van der Waals surface area (Å²) in [5, 5.41) is 22.1. The van der Waals surface area contributed by atoms with Crippen LogP contribution < -0.4 is 16.0 Å². The number of morpholine rings is 2. The molecule has 0 aliphatic carbocycles. The molecular weight excluding hydrogens is 408 g/mol. The van der Waals surface area contributed by atoms with Gasteiger partial charge < -0.3 is 30.5 Å². The van der Waals surface area contributed by atoms with Gasteiger partial charge in [-0.25, -0.2) is 0 Å². The molecule has 4 heterocycles. The van der Waals surface area contributed by atoms with E-state index in [2.05, 4.69) is 25.3 Å². The number of phenolic OH excluding ortho intramolecular Hbond substituents is 1. The number of benzene rings is 1. The molecule has 0 amide bonds. The molecule has 3 aliphatic rings. The van der Waals surface area contributed by atoms with Crippen LogP contribution >= 0.6 is 0 Å². The van der Waals surface area contributed by atoms with E-state index < -0.39 is 0 Å². The van der Waals surface area contributed by atoms with Gasteiger partial charge in [0.25, 0.3) is 0 Å². The molecule has 0 saturated carbocycles. The Balaban J connectivity index is 1.33. The molecule has 1 aromatic carbocycles. The second kappa shape index (κ2) is 9.19. The number of hydrogen-bond acceptors (Lipinski definition) is 9. The van der Waals surface area contributed by atoms with Gasteiger partial charge in [0.1, 0.15) is 5.75 Å². The van der Waals surface area contributed by atoms with Crippen LogP contribution in [0.2, 0.25) is 0 Å². The van der Waals surface area contributed by atoms with Crippen molar-refractivity contribution < 1.29 is 14.6 Å². The number of hydrogen-bond donors (Lipinski definition) is 3. The first-order valence-corrected chi connectivity index (χ1v) is 11.5. The Kier molecular flexibility index (Phi) is 6.14. The van der Waals surface area contributed by atoms with Gasteiger partial charge in [0.05, 0.1) is 36.3 Å². The molecule has 32 heavy (non-hydrogen) atoms. The number of nitrogens with zero attached hydrogens (tertiary/aromatic N) is 4. The van der Waals surface area contributed by atoms with E-state index in [1.54, 1.807) is 12.1 Å². The lowest BCUT2D eigenvalue weighted by Crippen LogP contribution is -2.61. The topological polar surface area (TPSA) is 109 Å². The van der Waals surface area contributed by atoms with E-state index >= 15 is 0 Å². The van der Waals surface area contributed by atoms with Gasteiger partial charge in [-0.05, 0) is 31.0 Å². The van der Waals surface area contributed by atoms with Crippen LogP contribution in [0.1, 0.15) is 12.8 Å². The molecule has 3 fully saturated rings. The third-order valence-electron chi connectivity index (χ3n) is 6.66. The van der Waals surface area contributed by atoms with Gasteiger partial charge in [-0.15, -0.1) is 10.2 Å². The maximum atomic E-state index is 10.2. The number of nitrogens with one attached hydrogen (secondary N) is 1. The molecule has 2 atom stereocenters. The summed E-state index contributed by atoms with van der Waals surface area (Å²) in [4.78, 5) is 4.74. The lowest BCUT2D eigenvalue weighted by molar-refractivity contribution is -0.123. The number of nitrogen functional groups attached to an aromatic ring is 1. The van der Waals surface area contributed by atoms with Crippen molar-refractivity contribution in [3.05, 3.63) is 30.3 Å². The van der Waals surface area contributed by atoms with Crippen LogP contribution in [0.15, 0.2) is 30.3 Å². The summed E-state index contributed by atoms with van der Waals surface area (Å²) in [6, 6.07) is 9.08. The Morgan fingerprint density at radius 2 is 2.09 bits per heavy atom. The van der Waals surface area contributed by atoms with Crippen LogP contribution in [-0.4, -0.2) is 90.9 Å². The molecule has 0 radical (unpaired) electrons. The van der Waals surface area contributed by atoms with Gasteiger partial charge in [-0.2, -0.15) is 0 Å². The number of para-hydroxylation sites is 1. The largest absolute Gasteiger partial charge is 0.507 e. The van der Waals surface area contributed by atoms with E-state index in [0.29, 0.717) is 17.1 Å². The smallest absolute Gasteiger partial charge is 0.169 e. The lowest BCUT2D eigenvalue weighted by atomic mass is 9.90. The summed E-state index contributed by atoms with van der Waals surface area (Å²) in [6.07, 6.45) is 2.28. The first-order chi connectivity index (χ1) is 15.6. The normalized spacial score (nSPS) is 27.0. The Morgan fingerprint density at radius 3 is 2.94 bits per heavy atom. The predicted molar refractivity (Wildman–Crippen MR) is 123 cm³/mol. The molecule has 9 nitrogen and oxygen atoms in total. The van der Waals surface area contributed by atoms with Crippen LogP contribution in [0.5, 0.6) is 5.75 Å². The molecule has 5 rings (SSSR count). The van der Waals surface area contributed by atoms with E-state index in [-0.39, 0.29) is 17.5 Å². The Bertz CT molecular complexity index is 934. The third kappa shape index (κ3) is 4.52. The zero-order valence-electron chi connectivity index (χ0n) is 18.4. The number of aromatic nitrogens is 2. The summed E-state index contributed by atoms with van der Waals surface area (Å²) in [6.45, 7) is 7.72. The van der Waals surface area contributed by atoms with Gasteiger partial charge in [-0.1, -0.05) is 12.1 Å². The summed E-state index contributed by atoms with van der Waals surface area (Å²) >= 11 is 0. The number of aromatic hydroxyl groups is 1. The standard InChI is InChI=1S/C23H32N6O3/c24-22-20(12-19(26-27-22)18-4-1-2-5-21(18)30)29-8-3-6-23(16-29)15-28(9-11-32-23)14-17-13-25-7-10-31-17/h1-2,4-5,12,17,25,30H,3,6-11,13-16H2,(H2,24,27)/t17-,23?/m1/s1. The van der Waals surface area contributed by atoms with Crippen LogP contribution in [0, 0.1) is 0 Å². The fraction of sp³-hybridized carbons (Fsp3) is 0.565. The minimum atomic E-state index is -0.233. The van der Waals surface area contributed by atoms with Gasteiger partial charge in [-0.3, -0.25) is 4.90 Å².